The van der Waals surface area contributed by atoms with Crippen molar-refractivity contribution in [1.29, 1.82) is 0 Å². The van der Waals surface area contributed by atoms with E-state index in [1.165, 1.54) is 36.5 Å². The molecule has 3 aromatic rings. The van der Waals surface area contributed by atoms with Crippen molar-refractivity contribution in [3.8, 4) is 0 Å². The molecule has 0 spiro atoms. The molecule has 2 aromatic carbocycles. The monoisotopic (exact) mass is 393 g/mol. The molecule has 1 aromatic heterocycles. The molecule has 0 unspecified atom stereocenters. The third-order valence-corrected chi connectivity index (χ3v) is 3.67. The van der Waals surface area contributed by atoms with Crippen LogP contribution in [0, 0.1) is 11.6 Å². The van der Waals surface area contributed by atoms with E-state index in [9.17, 15) is 26.7 Å². The summed E-state index contributed by atoms with van der Waals surface area (Å²) in [5.41, 5.74) is -0.529. The van der Waals surface area contributed by atoms with Gasteiger partial charge in [0.25, 0.3) is 5.91 Å². The molecule has 0 saturated heterocycles. The van der Waals surface area contributed by atoms with Gasteiger partial charge in [-0.25, -0.2) is 13.8 Å². The maximum Gasteiger partial charge on any atom is 0.416 e. The zero-order valence-corrected chi connectivity index (χ0v) is 14.0. The predicted octanol–water partition coefficient (Wildman–Crippen LogP) is 5.37. The topological polar surface area (TPSA) is 54.0 Å². The smallest absolute Gasteiger partial charge is 0.340 e. The standard InChI is InChI=1S/C19H12F5N3O/c20-15-6-5-14(9-16(15)21)26-17-7-4-11(10-25-17)18(28)27-13-3-1-2-12(8-13)19(22,23)24/h1-10H,(H,25,26)(H,27,28). The molecule has 1 amide bonds. The Labute approximate surface area is 156 Å². The van der Waals surface area contributed by atoms with E-state index in [1.807, 2.05) is 0 Å². The summed E-state index contributed by atoms with van der Waals surface area (Å²) in [7, 11) is 0. The number of aromatic nitrogens is 1. The van der Waals surface area contributed by atoms with Gasteiger partial charge in [0.15, 0.2) is 11.6 Å². The highest BCUT2D eigenvalue weighted by Crippen LogP contribution is 2.30. The Balaban J connectivity index is 1.69. The van der Waals surface area contributed by atoms with Crippen molar-refractivity contribution in [2.75, 3.05) is 10.6 Å². The fourth-order valence-corrected chi connectivity index (χ4v) is 2.30. The van der Waals surface area contributed by atoms with Crippen LogP contribution in [0.15, 0.2) is 60.8 Å². The molecule has 0 bridgehead atoms. The average Bonchev–Trinajstić information content (AvgIpc) is 2.65. The molecule has 2 N–H and O–H groups in total. The largest absolute Gasteiger partial charge is 0.416 e. The first-order chi connectivity index (χ1) is 13.2. The van der Waals surface area contributed by atoms with Crippen molar-refractivity contribution < 1.29 is 26.7 Å². The number of hydrogen-bond acceptors (Lipinski definition) is 3. The van der Waals surface area contributed by atoms with Crippen LogP contribution in [-0.2, 0) is 6.18 Å². The summed E-state index contributed by atoms with van der Waals surface area (Å²) in [4.78, 5) is 16.2. The molecule has 0 aliphatic heterocycles. The maximum absolute atomic E-state index is 13.2. The lowest BCUT2D eigenvalue weighted by Gasteiger charge is -2.10. The van der Waals surface area contributed by atoms with Crippen molar-refractivity contribution in [1.82, 2.24) is 4.98 Å². The van der Waals surface area contributed by atoms with Gasteiger partial charge in [-0.2, -0.15) is 13.2 Å². The zero-order chi connectivity index (χ0) is 20.3. The van der Waals surface area contributed by atoms with Gasteiger partial charge in [-0.05, 0) is 42.5 Å². The fourth-order valence-electron chi connectivity index (χ4n) is 2.30. The molecule has 0 saturated carbocycles. The summed E-state index contributed by atoms with van der Waals surface area (Å²) in [6, 6.07) is 10.3. The SMILES string of the molecule is O=C(Nc1cccc(C(F)(F)F)c1)c1ccc(Nc2ccc(F)c(F)c2)nc1. The van der Waals surface area contributed by atoms with Crippen molar-refractivity contribution in [2.45, 2.75) is 6.18 Å². The normalized spacial score (nSPS) is 11.2. The molecule has 0 fully saturated rings. The first-order valence-corrected chi connectivity index (χ1v) is 7.89. The van der Waals surface area contributed by atoms with Crippen LogP contribution < -0.4 is 10.6 Å². The third-order valence-electron chi connectivity index (χ3n) is 3.67. The number of carbonyl (C=O) groups is 1. The van der Waals surface area contributed by atoms with Crippen molar-refractivity contribution in [3.63, 3.8) is 0 Å². The van der Waals surface area contributed by atoms with Crippen molar-refractivity contribution in [3.05, 3.63) is 83.6 Å². The number of alkyl halides is 3. The fraction of sp³-hybridized carbons (Fsp3) is 0.0526. The van der Waals surface area contributed by atoms with E-state index in [-0.39, 0.29) is 22.8 Å². The molecular formula is C19H12F5N3O. The Hall–Kier alpha value is -3.49. The van der Waals surface area contributed by atoms with Crippen LogP contribution in [0.2, 0.25) is 0 Å². The van der Waals surface area contributed by atoms with Crippen LogP contribution in [0.25, 0.3) is 0 Å². The maximum atomic E-state index is 13.2. The summed E-state index contributed by atoms with van der Waals surface area (Å²) in [6.07, 6.45) is -3.32. The van der Waals surface area contributed by atoms with E-state index in [0.29, 0.717) is 0 Å². The second kappa shape index (κ2) is 7.63. The van der Waals surface area contributed by atoms with Crippen LogP contribution in [0.4, 0.5) is 39.1 Å². The van der Waals surface area contributed by atoms with E-state index in [2.05, 4.69) is 15.6 Å². The summed E-state index contributed by atoms with van der Waals surface area (Å²) in [5.74, 6) is -2.39. The Morgan fingerprint density at radius 2 is 1.68 bits per heavy atom. The number of amides is 1. The van der Waals surface area contributed by atoms with Crippen molar-refractivity contribution >= 4 is 23.1 Å². The zero-order valence-electron chi connectivity index (χ0n) is 14.0. The summed E-state index contributed by atoms with van der Waals surface area (Å²) in [6.45, 7) is 0. The number of benzene rings is 2. The van der Waals surface area contributed by atoms with Crippen LogP contribution in [0.1, 0.15) is 15.9 Å². The van der Waals surface area contributed by atoms with Gasteiger partial charge in [0.05, 0.1) is 11.1 Å². The highest BCUT2D eigenvalue weighted by atomic mass is 19.4. The Morgan fingerprint density at radius 1 is 0.893 bits per heavy atom. The molecule has 28 heavy (non-hydrogen) atoms. The van der Waals surface area contributed by atoms with E-state index < -0.39 is 29.3 Å². The summed E-state index contributed by atoms with van der Waals surface area (Å²) in [5, 5.41) is 5.10. The van der Waals surface area contributed by atoms with Gasteiger partial charge >= 0.3 is 6.18 Å². The quantitative estimate of drug-likeness (QED) is 0.586. The van der Waals surface area contributed by atoms with Crippen LogP contribution >= 0.6 is 0 Å². The lowest BCUT2D eigenvalue weighted by Crippen LogP contribution is -2.13. The highest BCUT2D eigenvalue weighted by Gasteiger charge is 2.30. The van der Waals surface area contributed by atoms with Gasteiger partial charge in [-0.3, -0.25) is 4.79 Å². The van der Waals surface area contributed by atoms with E-state index in [0.717, 1.165) is 24.3 Å². The van der Waals surface area contributed by atoms with Gasteiger partial charge in [0, 0.05) is 23.6 Å². The molecular weight excluding hydrogens is 381 g/mol. The lowest BCUT2D eigenvalue weighted by molar-refractivity contribution is -0.137. The number of hydrogen-bond donors (Lipinski definition) is 2. The number of pyridine rings is 1. The highest BCUT2D eigenvalue weighted by molar-refractivity contribution is 6.04. The Bertz CT molecular complexity index is 1000. The van der Waals surface area contributed by atoms with Crippen LogP contribution in [0.3, 0.4) is 0 Å². The number of anilines is 3. The van der Waals surface area contributed by atoms with Gasteiger partial charge < -0.3 is 10.6 Å². The molecule has 9 heteroatoms. The molecule has 144 valence electrons. The number of nitrogens with one attached hydrogen (secondary N) is 2. The minimum Gasteiger partial charge on any atom is -0.340 e. The molecule has 0 radical (unpaired) electrons. The number of halogens is 5. The minimum absolute atomic E-state index is 0.0104. The predicted molar refractivity (Wildman–Crippen MR) is 93.3 cm³/mol. The van der Waals surface area contributed by atoms with Gasteiger partial charge in [0.1, 0.15) is 5.82 Å². The molecule has 4 nitrogen and oxygen atoms in total. The molecule has 0 aliphatic carbocycles. The summed E-state index contributed by atoms with van der Waals surface area (Å²) < 4.78 is 64.3. The molecule has 0 atom stereocenters. The van der Waals surface area contributed by atoms with Gasteiger partial charge in [0.2, 0.25) is 0 Å². The first-order valence-electron chi connectivity index (χ1n) is 7.89. The van der Waals surface area contributed by atoms with Crippen LogP contribution in [-0.4, -0.2) is 10.9 Å². The number of rotatable bonds is 4. The Kier molecular flexibility index (Phi) is 5.25. The number of carbonyl (C=O) groups excluding carboxylic acids is 1. The second-order valence-electron chi connectivity index (χ2n) is 5.72. The first kappa shape index (κ1) is 19.3. The van der Waals surface area contributed by atoms with E-state index >= 15 is 0 Å². The van der Waals surface area contributed by atoms with Crippen molar-refractivity contribution in [2.24, 2.45) is 0 Å². The Morgan fingerprint density at radius 3 is 2.32 bits per heavy atom. The van der Waals surface area contributed by atoms with E-state index in [4.69, 9.17) is 0 Å². The summed E-state index contributed by atoms with van der Waals surface area (Å²) >= 11 is 0. The molecule has 0 aliphatic rings. The van der Waals surface area contributed by atoms with E-state index in [1.54, 1.807) is 0 Å². The van der Waals surface area contributed by atoms with Crippen LogP contribution in [0.5, 0.6) is 0 Å². The molecule has 3 rings (SSSR count). The molecule has 1 heterocycles. The third kappa shape index (κ3) is 4.61. The lowest BCUT2D eigenvalue weighted by atomic mass is 10.2. The second-order valence-corrected chi connectivity index (χ2v) is 5.72. The van der Waals surface area contributed by atoms with Gasteiger partial charge in [-0.15, -0.1) is 0 Å². The minimum atomic E-state index is -4.52. The number of nitrogens with zero attached hydrogens (tertiary/aromatic N) is 1. The average molecular weight is 393 g/mol. The van der Waals surface area contributed by atoms with Gasteiger partial charge in [-0.1, -0.05) is 6.07 Å².